The van der Waals surface area contributed by atoms with Crippen molar-refractivity contribution < 1.29 is 24.2 Å². The van der Waals surface area contributed by atoms with E-state index >= 15 is 4.39 Å². The lowest BCUT2D eigenvalue weighted by Crippen LogP contribution is -2.68. The van der Waals surface area contributed by atoms with Crippen LogP contribution in [0.25, 0.3) is 0 Å². The van der Waals surface area contributed by atoms with Gasteiger partial charge in [-0.25, -0.2) is 9.18 Å². The van der Waals surface area contributed by atoms with E-state index in [4.69, 9.17) is 11.6 Å². The first-order chi connectivity index (χ1) is 27.6. The van der Waals surface area contributed by atoms with Gasteiger partial charge in [0.15, 0.2) is 5.78 Å². The second-order valence-electron chi connectivity index (χ2n) is 21.5. The number of nitrogens with one attached hydrogen (secondary N) is 1. The largest absolute Gasteiger partial charge is 0.393 e. The smallest absolute Gasteiger partial charge is 0.317 e. The van der Waals surface area contributed by atoms with E-state index in [1.54, 1.807) is 12.1 Å². The maximum atomic E-state index is 15.3. The molecule has 7 saturated carbocycles. The third-order valence-corrected chi connectivity index (χ3v) is 18.8. The Labute approximate surface area is 349 Å². The zero-order valence-corrected chi connectivity index (χ0v) is 35.4. The molecule has 2 aromatic rings. The van der Waals surface area contributed by atoms with Gasteiger partial charge in [0, 0.05) is 45.4 Å². The van der Waals surface area contributed by atoms with Gasteiger partial charge in [0.05, 0.1) is 24.3 Å². The van der Waals surface area contributed by atoms with E-state index < -0.39 is 33.8 Å². The Bertz CT molecular complexity index is 2010. The summed E-state index contributed by atoms with van der Waals surface area (Å²) in [5.41, 5.74) is -1.04. The summed E-state index contributed by atoms with van der Waals surface area (Å²) in [4.78, 5) is 31.7. The van der Waals surface area contributed by atoms with Gasteiger partial charge in [-0.05, 0) is 149 Å². The van der Waals surface area contributed by atoms with Crippen LogP contribution < -0.4 is 5.32 Å². The highest BCUT2D eigenvalue weighted by Crippen LogP contribution is 2.78. The monoisotopic (exact) mass is 808 g/mol. The van der Waals surface area contributed by atoms with Crippen LogP contribution in [-0.4, -0.2) is 51.7 Å². The Hall–Kier alpha value is -3.00. The highest BCUT2D eigenvalue weighted by molar-refractivity contribution is 6.31. The lowest BCUT2D eigenvalue weighted by Gasteiger charge is -2.71. The molecule has 2 amide bonds. The number of rotatable bonds is 9. The molecular formula is C50H62ClFN2O4. The lowest BCUT2D eigenvalue weighted by atomic mass is 9.32. The molecule has 12 rings (SSSR count). The minimum absolute atomic E-state index is 0.0685. The maximum Gasteiger partial charge on any atom is 0.317 e. The van der Waals surface area contributed by atoms with Crippen molar-refractivity contribution in [1.29, 1.82) is 0 Å². The molecule has 6 bridgehead atoms. The second-order valence-corrected chi connectivity index (χ2v) is 21.9. The molecular weight excluding hydrogens is 747 g/mol. The minimum Gasteiger partial charge on any atom is -0.393 e. The number of aliphatic hydroxyl groups is 2. The average molecular weight is 810 g/mol. The van der Waals surface area contributed by atoms with Crippen molar-refractivity contribution in [2.24, 2.45) is 56.7 Å². The van der Waals surface area contributed by atoms with Crippen molar-refractivity contribution in [3.8, 4) is 0 Å². The summed E-state index contributed by atoms with van der Waals surface area (Å²) in [5.74, 6) is 1.67. The van der Waals surface area contributed by atoms with Crippen molar-refractivity contribution in [2.75, 3.05) is 13.1 Å². The Kier molecular flexibility index (Phi) is 9.11. The number of benzene rings is 2. The molecule has 8 heteroatoms. The van der Waals surface area contributed by atoms with E-state index in [1.807, 2.05) is 30.0 Å². The van der Waals surface area contributed by atoms with E-state index in [2.05, 4.69) is 49.5 Å². The van der Waals surface area contributed by atoms with Gasteiger partial charge in [-0.3, -0.25) is 4.79 Å². The first-order valence-electron chi connectivity index (χ1n) is 22.5. The molecule has 0 aliphatic heterocycles. The summed E-state index contributed by atoms with van der Waals surface area (Å²) in [6.07, 6.45) is 18.7. The fraction of sp³-hybridized carbons (Fsp3) is 0.640. The summed E-state index contributed by atoms with van der Waals surface area (Å²) >= 11 is 6.55. The molecule has 6 nitrogen and oxygen atoms in total. The summed E-state index contributed by atoms with van der Waals surface area (Å²) < 4.78 is 15.3. The van der Waals surface area contributed by atoms with Crippen molar-refractivity contribution >= 4 is 23.4 Å². The van der Waals surface area contributed by atoms with E-state index in [9.17, 15) is 19.8 Å². The quantitative estimate of drug-likeness (QED) is 0.220. The van der Waals surface area contributed by atoms with Crippen LogP contribution in [0.1, 0.15) is 121 Å². The summed E-state index contributed by atoms with van der Waals surface area (Å²) in [6, 6.07) is 14.4. The first kappa shape index (κ1) is 39.2. The predicted octanol–water partition coefficient (Wildman–Crippen LogP) is 10.2. The van der Waals surface area contributed by atoms with Gasteiger partial charge < -0.3 is 20.4 Å². The van der Waals surface area contributed by atoms with Gasteiger partial charge in [0.2, 0.25) is 0 Å². The van der Waals surface area contributed by atoms with E-state index in [0.717, 1.165) is 55.4 Å². The second kappa shape index (κ2) is 13.5. The zero-order valence-electron chi connectivity index (χ0n) is 34.6. The molecule has 2 spiro atoms. The zero-order chi connectivity index (χ0) is 40.5. The normalized spacial score (nSPS) is 43.3. The van der Waals surface area contributed by atoms with Crippen LogP contribution in [0.2, 0.25) is 5.02 Å². The van der Waals surface area contributed by atoms with Gasteiger partial charge in [-0.2, -0.15) is 0 Å². The third-order valence-electron chi connectivity index (χ3n) is 18.5. The highest BCUT2D eigenvalue weighted by Gasteiger charge is 2.74. The summed E-state index contributed by atoms with van der Waals surface area (Å²) in [6.45, 7) is 7.58. The number of urea groups is 1. The van der Waals surface area contributed by atoms with Crippen LogP contribution in [0.4, 0.5) is 9.18 Å². The Morgan fingerprint density at radius 3 is 2.21 bits per heavy atom. The molecule has 0 saturated heterocycles. The fourth-order valence-electron chi connectivity index (χ4n) is 16.1. The van der Waals surface area contributed by atoms with E-state index in [0.29, 0.717) is 25.0 Å². The van der Waals surface area contributed by atoms with Crippen LogP contribution in [0, 0.1) is 62.5 Å². The minimum atomic E-state index is -1.18. The number of carbonyl (C=O) groups excluding carboxylic acids is 2. The van der Waals surface area contributed by atoms with Gasteiger partial charge in [-0.1, -0.05) is 80.1 Å². The molecule has 0 radical (unpaired) electrons. The molecule has 0 heterocycles. The number of aliphatic hydroxyl groups excluding tert-OH is 1. The molecule has 1 unspecified atom stereocenters. The fourth-order valence-corrected chi connectivity index (χ4v) is 16.3. The number of allylic oxidation sites excluding steroid dienone is 4. The number of hydrogen-bond acceptors (Lipinski definition) is 4. The summed E-state index contributed by atoms with van der Waals surface area (Å²) in [7, 11) is 0. The van der Waals surface area contributed by atoms with Crippen molar-refractivity contribution in [2.45, 2.75) is 128 Å². The number of halogens is 2. The Morgan fingerprint density at radius 1 is 0.862 bits per heavy atom. The molecule has 2 aromatic carbocycles. The van der Waals surface area contributed by atoms with Gasteiger partial charge in [-0.15, -0.1) is 0 Å². The number of fused-ring (bicyclic) bond motifs is 1. The van der Waals surface area contributed by atoms with Crippen molar-refractivity contribution in [3.63, 3.8) is 0 Å². The first-order valence-corrected chi connectivity index (χ1v) is 22.9. The number of hydrogen-bond donors (Lipinski definition) is 3. The third kappa shape index (κ3) is 5.67. The molecule has 7 fully saturated rings. The number of carbonyl (C=O) groups is 2. The van der Waals surface area contributed by atoms with E-state index in [1.165, 1.54) is 44.6 Å². The molecule has 3 N–H and O–H groups in total. The average Bonchev–Trinajstić information content (AvgIpc) is 3.45. The van der Waals surface area contributed by atoms with Gasteiger partial charge >= 0.3 is 6.03 Å². The molecule has 310 valence electrons. The molecule has 10 aliphatic carbocycles. The highest BCUT2D eigenvalue weighted by atomic mass is 35.5. The lowest BCUT2D eigenvalue weighted by molar-refractivity contribution is -0.179. The maximum absolute atomic E-state index is 15.3. The molecule has 9 atom stereocenters. The molecule has 58 heavy (non-hydrogen) atoms. The van der Waals surface area contributed by atoms with Crippen molar-refractivity contribution in [1.82, 2.24) is 10.2 Å². The Balaban J connectivity index is 1.02. The predicted molar refractivity (Wildman–Crippen MR) is 224 cm³/mol. The van der Waals surface area contributed by atoms with Crippen LogP contribution in [0.5, 0.6) is 0 Å². The van der Waals surface area contributed by atoms with Gasteiger partial charge in [0.25, 0.3) is 0 Å². The molecule has 0 aromatic heterocycles. The number of Topliss-reactive ketones (excluding diaryl/α,β-unsaturated/α-hetero) is 1. The number of nitrogens with zero attached hydrogens (tertiary/aromatic N) is 1. The van der Waals surface area contributed by atoms with Crippen LogP contribution in [0.3, 0.4) is 0 Å². The van der Waals surface area contributed by atoms with E-state index in [-0.39, 0.29) is 64.1 Å². The Morgan fingerprint density at radius 2 is 1.52 bits per heavy atom. The van der Waals surface area contributed by atoms with Crippen molar-refractivity contribution in [3.05, 3.63) is 94.3 Å². The molecule has 10 aliphatic rings. The SMILES string of the molecule is C[C@@H](NC(=O)N(CC12CC3CC(CC(C3)C1)C2)C[C@]1(O)CC[C@H]2[C@]34C=C[C@@]5(C=C3C(=O)Cc3c(F)cccc3Cl)CC(O)CC[C@]5(C)[C@H]4CC[C@@]21C)c1ccccc1. The van der Waals surface area contributed by atoms with Crippen LogP contribution in [-0.2, 0) is 11.2 Å². The topological polar surface area (TPSA) is 89.9 Å². The van der Waals surface area contributed by atoms with Gasteiger partial charge in [0.1, 0.15) is 5.82 Å². The van der Waals surface area contributed by atoms with Crippen LogP contribution >= 0.6 is 11.6 Å². The number of amides is 2. The summed E-state index contributed by atoms with van der Waals surface area (Å²) in [5, 5.41) is 28.2. The standard InChI is InChI=1S/C50H62ClFN2O4/c1-31(35-8-5-4-6-9-35)53-44(57)54(29-47-24-32-20-33(25-47)22-34(21-32)26-47)30-49(58)17-14-43-46(49,3)16-13-42-45(2)15-12-36(55)27-48(45)18-19-50(42,43)38(28-48)41(56)23-37-39(51)10-7-11-40(37)52/h4-11,18-19,28,31-34,36,42-43,55,58H,12-17,20-27,29-30H2,1-3H3,(H,53,57)/t31-,32?,33?,34?,36?,42-,43-,45-,46+,47?,48+,49-,50-/m1/s1. The van der Waals surface area contributed by atoms with Crippen LogP contribution in [0.15, 0.2) is 72.3 Å². The number of ketones is 1.